The Morgan fingerprint density at radius 2 is 2.00 bits per heavy atom. The minimum atomic E-state index is -0.364. The molecule has 136 valence electrons. The first kappa shape index (κ1) is 19.0. The number of hydrogen-bond donors (Lipinski definition) is 2. The van der Waals surface area contributed by atoms with E-state index in [0.29, 0.717) is 23.8 Å². The molecule has 0 saturated carbocycles. The van der Waals surface area contributed by atoms with Gasteiger partial charge in [0.15, 0.2) is 5.69 Å². The highest BCUT2D eigenvalue weighted by Gasteiger charge is 2.21. The Bertz CT molecular complexity index is 795. The van der Waals surface area contributed by atoms with E-state index in [2.05, 4.69) is 20.8 Å². The second-order valence-electron chi connectivity index (χ2n) is 5.88. The van der Waals surface area contributed by atoms with Crippen molar-refractivity contribution in [1.29, 1.82) is 0 Å². The van der Waals surface area contributed by atoms with Gasteiger partial charge in [-0.3, -0.25) is 19.0 Å². The maximum absolute atomic E-state index is 12.5. The van der Waals surface area contributed by atoms with Gasteiger partial charge in [-0.1, -0.05) is 18.5 Å². The highest BCUT2D eigenvalue weighted by Crippen LogP contribution is 2.21. The van der Waals surface area contributed by atoms with Gasteiger partial charge in [-0.2, -0.15) is 10.2 Å². The molecule has 9 heteroatoms. The number of nitrogens with zero attached hydrogens (tertiary/aromatic N) is 4. The predicted molar refractivity (Wildman–Crippen MR) is 95.8 cm³/mol. The Morgan fingerprint density at radius 3 is 2.52 bits per heavy atom. The van der Waals surface area contributed by atoms with Crippen LogP contribution >= 0.6 is 11.6 Å². The molecule has 2 rings (SSSR count). The molecule has 8 nitrogen and oxygen atoms in total. The van der Waals surface area contributed by atoms with Crippen LogP contribution in [0, 0.1) is 19.8 Å². The van der Waals surface area contributed by atoms with Crippen LogP contribution in [0.25, 0.3) is 0 Å². The number of anilines is 1. The number of carbonyl (C=O) groups excluding carboxylic acids is 2. The molecule has 0 aliphatic carbocycles. The Morgan fingerprint density at radius 1 is 1.32 bits per heavy atom. The van der Waals surface area contributed by atoms with Gasteiger partial charge >= 0.3 is 0 Å². The summed E-state index contributed by atoms with van der Waals surface area (Å²) >= 11 is 6.14. The average Bonchev–Trinajstić information content (AvgIpc) is 3.10. The monoisotopic (exact) mass is 366 g/mol. The summed E-state index contributed by atoms with van der Waals surface area (Å²) in [5.41, 5.74) is 2.14. The molecule has 25 heavy (non-hydrogen) atoms. The van der Waals surface area contributed by atoms with Crippen molar-refractivity contribution in [2.75, 3.05) is 12.4 Å². The molecule has 2 amide bonds. The van der Waals surface area contributed by atoms with Crippen molar-refractivity contribution in [2.24, 2.45) is 5.92 Å². The molecule has 0 radical (unpaired) electrons. The van der Waals surface area contributed by atoms with Crippen LogP contribution in [-0.4, -0.2) is 38.4 Å². The quantitative estimate of drug-likeness (QED) is 0.817. The van der Waals surface area contributed by atoms with Gasteiger partial charge in [-0.15, -0.1) is 0 Å². The van der Waals surface area contributed by atoms with Crippen LogP contribution in [0.2, 0.25) is 5.02 Å². The summed E-state index contributed by atoms with van der Waals surface area (Å²) in [5, 5.41) is 14.4. The van der Waals surface area contributed by atoms with Crippen molar-refractivity contribution in [3.63, 3.8) is 0 Å². The minimum Gasteiger partial charge on any atom is -0.354 e. The van der Waals surface area contributed by atoms with Crippen molar-refractivity contribution in [1.82, 2.24) is 24.9 Å². The number of rotatable bonds is 6. The van der Waals surface area contributed by atoms with Crippen LogP contribution in [0.5, 0.6) is 0 Å². The summed E-state index contributed by atoms with van der Waals surface area (Å²) < 4.78 is 3.32. The topological polar surface area (TPSA) is 93.8 Å². The molecular formula is C16H23ClN6O2. The molecule has 0 saturated heterocycles. The van der Waals surface area contributed by atoms with Gasteiger partial charge in [0, 0.05) is 19.8 Å². The molecule has 1 unspecified atom stereocenters. The average molecular weight is 367 g/mol. The molecule has 0 aromatic carbocycles. The largest absolute Gasteiger partial charge is 0.354 e. The number of nitrogens with one attached hydrogen (secondary N) is 2. The van der Waals surface area contributed by atoms with Gasteiger partial charge in [0.2, 0.25) is 5.91 Å². The van der Waals surface area contributed by atoms with Gasteiger partial charge < -0.3 is 10.6 Å². The van der Waals surface area contributed by atoms with Crippen LogP contribution in [-0.2, 0) is 17.9 Å². The van der Waals surface area contributed by atoms with Crippen molar-refractivity contribution >= 4 is 29.1 Å². The zero-order valence-corrected chi connectivity index (χ0v) is 15.8. The standard InChI is InChI=1S/C16H23ClN6O2/c1-6-22-8-12(14(21-22)16(25)18-5)19-15(24)9(2)7-23-11(4)13(17)10(3)20-23/h8-9H,6-7H2,1-5H3,(H,18,25)(H,19,24). The Balaban J connectivity index is 2.14. The first-order chi connectivity index (χ1) is 11.8. The lowest BCUT2D eigenvalue weighted by Gasteiger charge is -2.13. The Hall–Kier alpha value is -2.35. The smallest absolute Gasteiger partial charge is 0.273 e. The number of aryl methyl sites for hydroxylation is 2. The van der Waals surface area contributed by atoms with Gasteiger partial charge in [-0.25, -0.2) is 0 Å². The molecule has 0 aliphatic rings. The van der Waals surface area contributed by atoms with Crippen LogP contribution in [0.3, 0.4) is 0 Å². The third-order valence-electron chi connectivity index (χ3n) is 3.97. The molecule has 0 fully saturated rings. The lowest BCUT2D eigenvalue weighted by atomic mass is 10.1. The van der Waals surface area contributed by atoms with Crippen LogP contribution in [0.15, 0.2) is 6.20 Å². The second-order valence-corrected chi connectivity index (χ2v) is 6.26. The predicted octanol–water partition coefficient (Wildman–Crippen LogP) is 2.00. The summed E-state index contributed by atoms with van der Waals surface area (Å²) in [6, 6.07) is 0. The first-order valence-corrected chi connectivity index (χ1v) is 8.46. The molecule has 2 N–H and O–H groups in total. The molecular weight excluding hydrogens is 344 g/mol. The molecule has 2 aromatic heterocycles. The molecule has 0 bridgehead atoms. The van der Waals surface area contributed by atoms with Gasteiger partial charge in [0.25, 0.3) is 5.91 Å². The minimum absolute atomic E-state index is 0.194. The van der Waals surface area contributed by atoms with E-state index in [-0.39, 0.29) is 23.4 Å². The van der Waals surface area contributed by atoms with Crippen LogP contribution < -0.4 is 10.6 Å². The van der Waals surface area contributed by atoms with E-state index in [0.717, 1.165) is 11.4 Å². The van der Waals surface area contributed by atoms with Gasteiger partial charge in [0.05, 0.1) is 34.6 Å². The van der Waals surface area contributed by atoms with E-state index in [1.54, 1.807) is 22.5 Å². The van der Waals surface area contributed by atoms with Crippen LogP contribution in [0.4, 0.5) is 5.69 Å². The number of halogens is 1. The van der Waals surface area contributed by atoms with E-state index in [9.17, 15) is 9.59 Å². The van der Waals surface area contributed by atoms with Crippen LogP contribution in [0.1, 0.15) is 35.7 Å². The van der Waals surface area contributed by atoms with E-state index in [1.807, 2.05) is 20.8 Å². The van der Waals surface area contributed by atoms with E-state index >= 15 is 0 Å². The molecule has 2 heterocycles. The van der Waals surface area contributed by atoms with Gasteiger partial charge in [-0.05, 0) is 20.8 Å². The van der Waals surface area contributed by atoms with Gasteiger partial charge in [0.1, 0.15) is 0 Å². The van der Waals surface area contributed by atoms with Crippen molar-refractivity contribution in [3.05, 3.63) is 28.3 Å². The maximum Gasteiger partial charge on any atom is 0.273 e. The summed E-state index contributed by atoms with van der Waals surface area (Å²) in [7, 11) is 1.52. The number of aromatic nitrogens is 4. The number of amides is 2. The summed E-state index contributed by atoms with van der Waals surface area (Å²) in [5.74, 6) is -0.929. The fraction of sp³-hybridized carbons (Fsp3) is 0.500. The third kappa shape index (κ3) is 4.01. The maximum atomic E-state index is 12.5. The normalized spacial score (nSPS) is 12.1. The third-order valence-corrected chi connectivity index (χ3v) is 4.52. The Labute approximate surface area is 151 Å². The molecule has 1 atom stereocenters. The lowest BCUT2D eigenvalue weighted by Crippen LogP contribution is -2.27. The fourth-order valence-corrected chi connectivity index (χ4v) is 2.55. The lowest BCUT2D eigenvalue weighted by molar-refractivity contribution is -0.119. The zero-order valence-electron chi connectivity index (χ0n) is 15.1. The van der Waals surface area contributed by atoms with Crippen molar-refractivity contribution in [3.8, 4) is 0 Å². The summed E-state index contributed by atoms with van der Waals surface area (Å²) in [6.45, 7) is 8.38. The number of hydrogen-bond acceptors (Lipinski definition) is 4. The van der Waals surface area contributed by atoms with E-state index in [1.165, 1.54) is 7.05 Å². The molecule has 0 aliphatic heterocycles. The summed E-state index contributed by atoms with van der Waals surface area (Å²) in [4.78, 5) is 24.5. The highest BCUT2D eigenvalue weighted by atomic mass is 35.5. The first-order valence-electron chi connectivity index (χ1n) is 8.08. The van der Waals surface area contributed by atoms with Crippen molar-refractivity contribution in [2.45, 2.75) is 40.8 Å². The van der Waals surface area contributed by atoms with E-state index in [4.69, 9.17) is 11.6 Å². The fourth-order valence-electron chi connectivity index (χ4n) is 2.41. The number of carbonyl (C=O) groups is 2. The van der Waals surface area contributed by atoms with E-state index < -0.39 is 0 Å². The highest BCUT2D eigenvalue weighted by molar-refractivity contribution is 6.31. The zero-order chi connectivity index (χ0) is 18.7. The molecule has 2 aromatic rings. The molecule has 0 spiro atoms. The SMILES string of the molecule is CCn1cc(NC(=O)C(C)Cn2nc(C)c(Cl)c2C)c(C(=O)NC)n1. The summed E-state index contributed by atoms with van der Waals surface area (Å²) in [6.07, 6.45) is 1.65. The second kappa shape index (κ2) is 7.69. The van der Waals surface area contributed by atoms with Crippen molar-refractivity contribution < 1.29 is 9.59 Å². The Kier molecular flexibility index (Phi) is 5.84.